The first-order valence-corrected chi connectivity index (χ1v) is 11.1. The standard InChI is InChI=1S/C21H32N4O4/c1-2-3-10-23-17(26)11-18(27)25(20(23)29)15-6-8-21(9-7-15)12-16(13-21)24(19(22)28)14-4-5-14/h14-16H,2-13H2,1H3,(H2,22,28). The highest BCUT2D eigenvalue weighted by molar-refractivity contribution is 6.14. The molecule has 0 unspecified atom stereocenters. The molecule has 8 heteroatoms. The summed E-state index contributed by atoms with van der Waals surface area (Å²) < 4.78 is 0. The van der Waals surface area contributed by atoms with Gasteiger partial charge in [0.05, 0.1) is 0 Å². The van der Waals surface area contributed by atoms with Crippen LogP contribution in [0.5, 0.6) is 0 Å². The van der Waals surface area contributed by atoms with E-state index in [9.17, 15) is 19.2 Å². The van der Waals surface area contributed by atoms with Crippen molar-refractivity contribution in [3.8, 4) is 0 Å². The molecule has 3 saturated carbocycles. The molecule has 0 radical (unpaired) electrons. The van der Waals surface area contributed by atoms with Gasteiger partial charge >= 0.3 is 12.1 Å². The first-order chi connectivity index (χ1) is 13.8. The summed E-state index contributed by atoms with van der Waals surface area (Å²) in [5.41, 5.74) is 5.80. The van der Waals surface area contributed by atoms with Crippen molar-refractivity contribution in [3.63, 3.8) is 0 Å². The summed E-state index contributed by atoms with van der Waals surface area (Å²) in [6.07, 6.45) is 8.96. The summed E-state index contributed by atoms with van der Waals surface area (Å²) in [6.45, 7) is 2.40. The molecule has 0 aromatic heterocycles. The number of rotatable bonds is 6. The number of nitrogens with zero attached hydrogens (tertiary/aromatic N) is 3. The Morgan fingerprint density at radius 3 is 2.28 bits per heavy atom. The number of barbiturate groups is 1. The normalized spacial score (nSPS) is 32.5. The van der Waals surface area contributed by atoms with Crippen molar-refractivity contribution in [2.24, 2.45) is 11.1 Å². The molecule has 0 aromatic rings. The lowest BCUT2D eigenvalue weighted by Gasteiger charge is -2.55. The molecule has 1 saturated heterocycles. The predicted molar refractivity (Wildman–Crippen MR) is 106 cm³/mol. The van der Waals surface area contributed by atoms with E-state index >= 15 is 0 Å². The van der Waals surface area contributed by atoms with Gasteiger partial charge < -0.3 is 10.6 Å². The number of primary amides is 1. The Morgan fingerprint density at radius 2 is 1.72 bits per heavy atom. The van der Waals surface area contributed by atoms with E-state index in [1.807, 2.05) is 11.8 Å². The van der Waals surface area contributed by atoms with E-state index in [1.165, 1.54) is 9.80 Å². The summed E-state index contributed by atoms with van der Waals surface area (Å²) >= 11 is 0. The van der Waals surface area contributed by atoms with Crippen LogP contribution in [-0.4, -0.2) is 63.2 Å². The van der Waals surface area contributed by atoms with Crippen LogP contribution in [0.15, 0.2) is 0 Å². The van der Waals surface area contributed by atoms with Crippen LogP contribution in [0.1, 0.15) is 77.6 Å². The van der Waals surface area contributed by atoms with Gasteiger partial charge in [-0.25, -0.2) is 9.59 Å². The third kappa shape index (κ3) is 3.73. The summed E-state index contributed by atoms with van der Waals surface area (Å²) in [5.74, 6) is -0.723. The maximum Gasteiger partial charge on any atom is 0.333 e. The fourth-order valence-electron chi connectivity index (χ4n) is 5.58. The third-order valence-corrected chi connectivity index (χ3v) is 7.35. The van der Waals surface area contributed by atoms with Gasteiger partial charge in [0.2, 0.25) is 11.8 Å². The van der Waals surface area contributed by atoms with Crippen LogP contribution in [-0.2, 0) is 9.59 Å². The van der Waals surface area contributed by atoms with Gasteiger partial charge in [0.15, 0.2) is 0 Å². The molecule has 8 nitrogen and oxygen atoms in total. The first-order valence-electron chi connectivity index (χ1n) is 11.1. The molecule has 29 heavy (non-hydrogen) atoms. The fraction of sp³-hybridized carbons (Fsp3) is 0.810. The number of hydrogen-bond donors (Lipinski definition) is 1. The van der Waals surface area contributed by atoms with Gasteiger partial charge in [-0.1, -0.05) is 13.3 Å². The highest BCUT2D eigenvalue weighted by Gasteiger charge is 2.53. The Bertz CT molecular complexity index is 703. The topological polar surface area (TPSA) is 104 Å². The average molecular weight is 405 g/mol. The zero-order valence-corrected chi connectivity index (χ0v) is 17.3. The second-order valence-electron chi connectivity index (χ2n) is 9.39. The molecule has 1 spiro atoms. The molecule has 0 atom stereocenters. The van der Waals surface area contributed by atoms with E-state index in [1.54, 1.807) is 0 Å². The second-order valence-corrected chi connectivity index (χ2v) is 9.39. The Hall–Kier alpha value is -2.12. The van der Waals surface area contributed by atoms with E-state index in [-0.39, 0.29) is 41.8 Å². The van der Waals surface area contributed by atoms with Crippen molar-refractivity contribution in [2.45, 2.75) is 95.7 Å². The van der Waals surface area contributed by atoms with Gasteiger partial charge in [-0.05, 0) is 63.2 Å². The molecule has 3 aliphatic carbocycles. The average Bonchev–Trinajstić information content (AvgIpc) is 3.46. The summed E-state index contributed by atoms with van der Waals surface area (Å²) in [5, 5.41) is 0. The maximum atomic E-state index is 12.8. The van der Waals surface area contributed by atoms with Crippen molar-refractivity contribution >= 4 is 23.9 Å². The second kappa shape index (κ2) is 7.61. The molecule has 2 N–H and O–H groups in total. The van der Waals surface area contributed by atoms with E-state index in [0.29, 0.717) is 12.6 Å². The number of carbonyl (C=O) groups is 4. The Kier molecular flexibility index (Phi) is 5.29. The van der Waals surface area contributed by atoms with Crippen molar-refractivity contribution in [3.05, 3.63) is 0 Å². The SMILES string of the molecule is CCCCN1C(=O)CC(=O)N(C2CCC3(CC2)CC(N(C(N)=O)C2CC2)C3)C1=O. The first kappa shape index (κ1) is 20.2. The minimum atomic E-state index is -0.430. The number of imide groups is 2. The van der Waals surface area contributed by atoms with Crippen LogP contribution >= 0.6 is 0 Å². The molecule has 4 rings (SSSR count). The van der Waals surface area contributed by atoms with Crippen molar-refractivity contribution in [1.29, 1.82) is 0 Å². The van der Waals surface area contributed by atoms with Crippen molar-refractivity contribution in [1.82, 2.24) is 14.7 Å². The predicted octanol–water partition coefficient (Wildman–Crippen LogP) is 2.60. The lowest BCUT2D eigenvalue weighted by atomic mass is 9.57. The van der Waals surface area contributed by atoms with E-state index in [2.05, 4.69) is 0 Å². The molecule has 1 heterocycles. The van der Waals surface area contributed by atoms with Gasteiger partial charge in [0.25, 0.3) is 0 Å². The number of amides is 6. The van der Waals surface area contributed by atoms with E-state index in [0.717, 1.165) is 64.2 Å². The van der Waals surface area contributed by atoms with Crippen LogP contribution in [0.2, 0.25) is 0 Å². The van der Waals surface area contributed by atoms with Crippen molar-refractivity contribution < 1.29 is 19.2 Å². The summed E-state index contributed by atoms with van der Waals surface area (Å²) in [6, 6.07) is -0.269. The zero-order chi connectivity index (χ0) is 20.8. The molecule has 0 aromatic carbocycles. The third-order valence-electron chi connectivity index (χ3n) is 7.35. The lowest BCUT2D eigenvalue weighted by molar-refractivity contribution is -0.145. The fourth-order valence-corrected chi connectivity index (χ4v) is 5.58. The van der Waals surface area contributed by atoms with Crippen LogP contribution < -0.4 is 5.73 Å². The Balaban J connectivity index is 1.34. The van der Waals surface area contributed by atoms with Crippen LogP contribution in [0.4, 0.5) is 9.59 Å². The van der Waals surface area contributed by atoms with Gasteiger partial charge in [0, 0.05) is 24.7 Å². The number of urea groups is 2. The number of unbranched alkanes of at least 4 members (excludes halogenated alkanes) is 1. The van der Waals surface area contributed by atoms with Crippen LogP contribution in [0, 0.1) is 5.41 Å². The molecule has 1 aliphatic heterocycles. The quantitative estimate of drug-likeness (QED) is 0.687. The number of carbonyl (C=O) groups excluding carboxylic acids is 4. The molecular formula is C21H32N4O4. The van der Waals surface area contributed by atoms with Crippen molar-refractivity contribution in [2.75, 3.05) is 6.54 Å². The molecule has 160 valence electrons. The highest BCUT2D eigenvalue weighted by Crippen LogP contribution is 2.55. The minimum absolute atomic E-state index is 0.118. The monoisotopic (exact) mass is 404 g/mol. The molecular weight excluding hydrogens is 372 g/mol. The number of nitrogens with two attached hydrogens (primary N) is 1. The van der Waals surface area contributed by atoms with E-state index in [4.69, 9.17) is 5.73 Å². The van der Waals surface area contributed by atoms with E-state index < -0.39 is 6.03 Å². The zero-order valence-electron chi connectivity index (χ0n) is 17.3. The molecule has 4 fully saturated rings. The largest absolute Gasteiger partial charge is 0.351 e. The maximum absolute atomic E-state index is 12.8. The van der Waals surface area contributed by atoms with Crippen LogP contribution in [0.3, 0.4) is 0 Å². The van der Waals surface area contributed by atoms with Gasteiger partial charge in [-0.15, -0.1) is 0 Å². The van der Waals surface area contributed by atoms with Gasteiger partial charge in [-0.3, -0.25) is 19.4 Å². The highest BCUT2D eigenvalue weighted by atomic mass is 16.2. The smallest absolute Gasteiger partial charge is 0.333 e. The van der Waals surface area contributed by atoms with Crippen LogP contribution in [0.25, 0.3) is 0 Å². The summed E-state index contributed by atoms with van der Waals surface area (Å²) in [4.78, 5) is 53.7. The van der Waals surface area contributed by atoms with Gasteiger partial charge in [-0.2, -0.15) is 0 Å². The lowest BCUT2D eigenvalue weighted by Crippen LogP contribution is -2.61. The number of hydrogen-bond acceptors (Lipinski definition) is 4. The molecule has 6 amide bonds. The molecule has 4 aliphatic rings. The van der Waals surface area contributed by atoms with Gasteiger partial charge in [0.1, 0.15) is 6.42 Å². The molecule has 0 bridgehead atoms. The Labute approximate surface area is 171 Å². The summed E-state index contributed by atoms with van der Waals surface area (Å²) in [7, 11) is 0. The minimum Gasteiger partial charge on any atom is -0.351 e. The Morgan fingerprint density at radius 1 is 1.07 bits per heavy atom.